The third-order valence-corrected chi connectivity index (χ3v) is 2.47. The zero-order valence-electron chi connectivity index (χ0n) is 8.44. The van der Waals surface area contributed by atoms with E-state index < -0.39 is 0 Å². The lowest BCUT2D eigenvalue weighted by atomic mass is 10.1. The summed E-state index contributed by atoms with van der Waals surface area (Å²) in [5, 5.41) is 7.74. The van der Waals surface area contributed by atoms with Gasteiger partial charge in [0.1, 0.15) is 0 Å². The van der Waals surface area contributed by atoms with E-state index in [9.17, 15) is 0 Å². The summed E-state index contributed by atoms with van der Waals surface area (Å²) in [4.78, 5) is 4.29. The summed E-state index contributed by atoms with van der Waals surface area (Å²) in [6.07, 6.45) is 1.75. The van der Waals surface area contributed by atoms with Gasteiger partial charge in [-0.25, -0.2) is 0 Å². The molecule has 0 amide bonds. The maximum Gasteiger partial charge on any atom is 0.153 e. The van der Waals surface area contributed by atoms with E-state index in [1.807, 2.05) is 30.3 Å². The van der Waals surface area contributed by atoms with E-state index in [4.69, 9.17) is 5.73 Å². The van der Waals surface area contributed by atoms with Gasteiger partial charge in [-0.15, -0.1) is 0 Å². The number of fused-ring (bicyclic) bond motifs is 1. The minimum Gasteiger partial charge on any atom is -0.382 e. The van der Waals surface area contributed by atoms with Crippen molar-refractivity contribution in [2.24, 2.45) is 0 Å². The van der Waals surface area contributed by atoms with Gasteiger partial charge in [-0.2, -0.15) is 5.10 Å². The van der Waals surface area contributed by atoms with Crippen LogP contribution < -0.4 is 5.73 Å². The van der Waals surface area contributed by atoms with Crippen LogP contribution in [0.2, 0.25) is 0 Å². The maximum absolute atomic E-state index is 5.82. The van der Waals surface area contributed by atoms with Crippen molar-refractivity contribution in [3.63, 3.8) is 0 Å². The van der Waals surface area contributed by atoms with E-state index >= 15 is 0 Å². The van der Waals surface area contributed by atoms with Gasteiger partial charge in [0.15, 0.2) is 5.82 Å². The minimum atomic E-state index is 0.479. The van der Waals surface area contributed by atoms with Crippen molar-refractivity contribution in [1.82, 2.24) is 15.2 Å². The fraction of sp³-hybridized carbons (Fsp3) is 0. The van der Waals surface area contributed by atoms with Crippen LogP contribution in [0, 0.1) is 6.07 Å². The molecule has 77 valence electrons. The molecule has 4 nitrogen and oxygen atoms in total. The number of aromatic amines is 1. The lowest BCUT2D eigenvalue weighted by Crippen LogP contribution is -1.88. The molecule has 1 radical (unpaired) electrons. The van der Waals surface area contributed by atoms with Crippen molar-refractivity contribution < 1.29 is 0 Å². The number of hydrogen-bond donors (Lipinski definition) is 2. The van der Waals surface area contributed by atoms with E-state index in [0.29, 0.717) is 5.82 Å². The number of rotatable bonds is 1. The van der Waals surface area contributed by atoms with Crippen LogP contribution in [0.15, 0.2) is 36.5 Å². The summed E-state index contributed by atoms with van der Waals surface area (Å²) in [6.45, 7) is 0. The topological polar surface area (TPSA) is 67.6 Å². The normalized spacial score (nSPS) is 10.8. The molecule has 3 N–H and O–H groups in total. The number of benzene rings is 1. The van der Waals surface area contributed by atoms with E-state index in [1.54, 1.807) is 6.20 Å². The van der Waals surface area contributed by atoms with Gasteiger partial charge in [0.2, 0.25) is 0 Å². The van der Waals surface area contributed by atoms with Gasteiger partial charge in [0.25, 0.3) is 0 Å². The van der Waals surface area contributed by atoms with Gasteiger partial charge >= 0.3 is 0 Å². The van der Waals surface area contributed by atoms with Crippen LogP contribution in [0.3, 0.4) is 0 Å². The van der Waals surface area contributed by atoms with Gasteiger partial charge < -0.3 is 5.73 Å². The Labute approximate surface area is 92.1 Å². The Morgan fingerprint density at radius 3 is 3.00 bits per heavy atom. The molecule has 2 aromatic heterocycles. The van der Waals surface area contributed by atoms with Crippen LogP contribution in [-0.2, 0) is 0 Å². The molecule has 0 aliphatic carbocycles. The van der Waals surface area contributed by atoms with Gasteiger partial charge in [0.05, 0.1) is 16.6 Å². The minimum absolute atomic E-state index is 0.479. The molecule has 3 rings (SSSR count). The van der Waals surface area contributed by atoms with Crippen LogP contribution in [0.25, 0.3) is 22.2 Å². The number of aromatic nitrogens is 3. The Balaban J connectivity index is 2.36. The number of nitrogen functional groups attached to an aromatic ring is 1. The van der Waals surface area contributed by atoms with Crippen LogP contribution in [-0.4, -0.2) is 15.2 Å². The molecule has 16 heavy (non-hydrogen) atoms. The first-order valence-electron chi connectivity index (χ1n) is 4.92. The quantitative estimate of drug-likeness (QED) is 0.644. The lowest BCUT2D eigenvalue weighted by molar-refractivity contribution is 1.13. The average Bonchev–Trinajstić information content (AvgIpc) is 2.73. The van der Waals surface area contributed by atoms with E-state index in [0.717, 1.165) is 22.2 Å². The number of nitrogens with zero attached hydrogens (tertiary/aromatic N) is 2. The Kier molecular flexibility index (Phi) is 1.86. The number of nitrogens with two attached hydrogens (primary N) is 1. The highest BCUT2D eigenvalue weighted by molar-refractivity contribution is 6.00. The van der Waals surface area contributed by atoms with Crippen LogP contribution in [0.4, 0.5) is 5.82 Å². The average molecular weight is 209 g/mol. The van der Waals surface area contributed by atoms with Crippen molar-refractivity contribution >= 4 is 16.7 Å². The molecule has 0 saturated heterocycles. The SMILES string of the molecule is Nc1n[nH]c2cc[c]c(-c3ccccn3)c12. The number of nitrogens with one attached hydrogen (secondary N) is 1. The first-order valence-corrected chi connectivity index (χ1v) is 4.92. The molecule has 0 atom stereocenters. The van der Waals surface area contributed by atoms with Crippen LogP contribution >= 0.6 is 0 Å². The molecule has 0 fully saturated rings. The van der Waals surface area contributed by atoms with Gasteiger partial charge in [-0.05, 0) is 24.3 Å². The van der Waals surface area contributed by atoms with Crippen molar-refractivity contribution in [2.45, 2.75) is 0 Å². The molecule has 0 saturated carbocycles. The molecule has 0 aliphatic rings. The highest BCUT2D eigenvalue weighted by Gasteiger charge is 2.09. The van der Waals surface area contributed by atoms with E-state index in [-0.39, 0.29) is 0 Å². The summed E-state index contributed by atoms with van der Waals surface area (Å²) in [5.41, 5.74) is 8.45. The molecule has 0 spiro atoms. The van der Waals surface area contributed by atoms with Crippen LogP contribution in [0.5, 0.6) is 0 Å². The van der Waals surface area contributed by atoms with Crippen molar-refractivity contribution in [1.29, 1.82) is 0 Å². The Morgan fingerprint density at radius 2 is 2.19 bits per heavy atom. The third kappa shape index (κ3) is 1.24. The molecule has 0 aliphatic heterocycles. The first kappa shape index (κ1) is 8.91. The monoisotopic (exact) mass is 209 g/mol. The second kappa shape index (κ2) is 3.34. The third-order valence-electron chi connectivity index (χ3n) is 2.47. The fourth-order valence-corrected chi connectivity index (χ4v) is 1.75. The maximum atomic E-state index is 5.82. The summed E-state index contributed by atoms with van der Waals surface area (Å²) < 4.78 is 0. The first-order chi connectivity index (χ1) is 7.86. The number of hydrogen-bond acceptors (Lipinski definition) is 3. The highest BCUT2D eigenvalue weighted by Crippen LogP contribution is 2.29. The largest absolute Gasteiger partial charge is 0.382 e. The Hall–Kier alpha value is -2.36. The summed E-state index contributed by atoms with van der Waals surface area (Å²) in [6, 6.07) is 12.6. The predicted molar refractivity (Wildman–Crippen MR) is 62.6 cm³/mol. The van der Waals surface area contributed by atoms with Crippen molar-refractivity contribution in [3.05, 3.63) is 42.6 Å². The molecule has 4 heteroatoms. The van der Waals surface area contributed by atoms with Gasteiger partial charge in [-0.3, -0.25) is 10.1 Å². The molecular formula is C12H9N4. The van der Waals surface area contributed by atoms with Gasteiger partial charge in [-0.1, -0.05) is 12.1 Å². The van der Waals surface area contributed by atoms with E-state index in [2.05, 4.69) is 21.2 Å². The zero-order valence-corrected chi connectivity index (χ0v) is 8.44. The molecule has 0 bridgehead atoms. The van der Waals surface area contributed by atoms with Crippen molar-refractivity contribution in [3.8, 4) is 11.3 Å². The highest BCUT2D eigenvalue weighted by atomic mass is 15.1. The second-order valence-corrected chi connectivity index (χ2v) is 3.47. The van der Waals surface area contributed by atoms with Crippen molar-refractivity contribution in [2.75, 3.05) is 5.73 Å². The summed E-state index contributed by atoms with van der Waals surface area (Å²) in [7, 11) is 0. The fourth-order valence-electron chi connectivity index (χ4n) is 1.75. The number of H-pyrrole nitrogens is 1. The molecule has 0 unspecified atom stereocenters. The van der Waals surface area contributed by atoms with Gasteiger partial charge in [0, 0.05) is 11.8 Å². The zero-order chi connectivity index (χ0) is 11.0. The standard InChI is InChI=1S/C12H9N4/c13-12-11-8(9-5-1-2-7-14-9)4-3-6-10(11)15-16-12/h1-3,5-7H,(H3,13,15,16). The Bertz CT molecular complexity index is 628. The predicted octanol–water partition coefficient (Wildman–Crippen LogP) is 2.01. The second-order valence-electron chi connectivity index (χ2n) is 3.47. The Morgan fingerprint density at radius 1 is 1.25 bits per heavy atom. The molecule has 2 heterocycles. The molecule has 3 aromatic rings. The van der Waals surface area contributed by atoms with E-state index in [1.165, 1.54) is 0 Å². The van der Waals surface area contributed by atoms with Crippen LogP contribution in [0.1, 0.15) is 0 Å². The summed E-state index contributed by atoms with van der Waals surface area (Å²) >= 11 is 0. The smallest absolute Gasteiger partial charge is 0.153 e. The number of anilines is 1. The molecule has 1 aromatic carbocycles. The lowest BCUT2D eigenvalue weighted by Gasteiger charge is -2.01. The summed E-state index contributed by atoms with van der Waals surface area (Å²) in [5.74, 6) is 0.479. The number of pyridine rings is 1. The molecular weight excluding hydrogens is 200 g/mol.